The molecule has 1 aromatic carbocycles. The summed E-state index contributed by atoms with van der Waals surface area (Å²) in [6.07, 6.45) is -4.75. The Labute approximate surface area is 153 Å². The first kappa shape index (κ1) is 19.6. The van der Waals surface area contributed by atoms with Crippen molar-refractivity contribution in [2.24, 2.45) is 0 Å². The lowest BCUT2D eigenvalue weighted by molar-refractivity contribution is -0.139. The summed E-state index contributed by atoms with van der Waals surface area (Å²) < 4.78 is 53.9. The molecule has 0 aromatic heterocycles. The number of urea groups is 1. The highest BCUT2D eigenvalue weighted by molar-refractivity contribution is 6.00. The van der Waals surface area contributed by atoms with E-state index < -0.39 is 53.7 Å². The van der Waals surface area contributed by atoms with Crippen LogP contribution in [-0.2, 0) is 17.5 Å². The molecule has 2 fully saturated rings. The van der Waals surface area contributed by atoms with Gasteiger partial charge in [0.1, 0.15) is 11.9 Å². The van der Waals surface area contributed by atoms with E-state index in [0.29, 0.717) is 26.2 Å². The van der Waals surface area contributed by atoms with Crippen LogP contribution < -0.4 is 10.6 Å². The number of hydrogen-bond acceptors (Lipinski definition) is 4. The molecule has 2 unspecified atom stereocenters. The average Bonchev–Trinajstić information content (AvgIpc) is 2.59. The van der Waals surface area contributed by atoms with Crippen LogP contribution in [0.5, 0.6) is 0 Å². The molecular formula is C17H20F4N4O2. The molecule has 10 heteroatoms. The molecule has 2 aliphatic heterocycles. The molecule has 2 atom stereocenters. The molecule has 6 nitrogen and oxygen atoms in total. The van der Waals surface area contributed by atoms with Crippen LogP contribution in [0.15, 0.2) is 18.2 Å². The number of alkyl halides is 3. The quantitative estimate of drug-likeness (QED) is 0.772. The maximum Gasteiger partial charge on any atom is 0.416 e. The van der Waals surface area contributed by atoms with E-state index in [1.165, 1.54) is 0 Å². The summed E-state index contributed by atoms with van der Waals surface area (Å²) in [6, 6.07) is 0.458. The summed E-state index contributed by atoms with van der Waals surface area (Å²) in [5.41, 5.74) is -1.74. The van der Waals surface area contributed by atoms with Gasteiger partial charge < -0.3 is 10.2 Å². The van der Waals surface area contributed by atoms with Gasteiger partial charge in [0.2, 0.25) is 5.91 Å². The molecule has 0 spiro atoms. The Morgan fingerprint density at radius 3 is 2.48 bits per heavy atom. The van der Waals surface area contributed by atoms with Crippen LogP contribution in [0, 0.1) is 5.82 Å². The summed E-state index contributed by atoms with van der Waals surface area (Å²) in [7, 11) is 0. The maximum atomic E-state index is 14.2. The van der Waals surface area contributed by atoms with Crippen LogP contribution in [0.2, 0.25) is 0 Å². The van der Waals surface area contributed by atoms with Crippen LogP contribution in [0.25, 0.3) is 0 Å². The van der Waals surface area contributed by atoms with Gasteiger partial charge in [-0.1, -0.05) is 6.07 Å². The van der Waals surface area contributed by atoms with Crippen LogP contribution >= 0.6 is 0 Å². The minimum absolute atomic E-state index is 0.491. The highest BCUT2D eigenvalue weighted by Crippen LogP contribution is 2.34. The summed E-state index contributed by atoms with van der Waals surface area (Å²) in [5, 5.41) is 5.33. The van der Waals surface area contributed by atoms with Gasteiger partial charge in [0.15, 0.2) is 0 Å². The van der Waals surface area contributed by atoms with Gasteiger partial charge in [0.25, 0.3) is 0 Å². The van der Waals surface area contributed by atoms with E-state index >= 15 is 0 Å². The molecule has 148 valence electrons. The van der Waals surface area contributed by atoms with E-state index in [4.69, 9.17) is 0 Å². The molecule has 3 amide bonds. The fraction of sp³-hybridized carbons (Fsp3) is 0.529. The Hall–Kier alpha value is -2.20. The lowest BCUT2D eigenvalue weighted by Crippen LogP contribution is -2.68. The van der Waals surface area contributed by atoms with Crippen molar-refractivity contribution in [1.82, 2.24) is 20.4 Å². The number of piperazine rings is 1. The van der Waals surface area contributed by atoms with Crippen LogP contribution in [-0.4, -0.2) is 60.0 Å². The number of benzene rings is 1. The Kier molecular flexibility index (Phi) is 5.38. The zero-order valence-electron chi connectivity index (χ0n) is 14.6. The van der Waals surface area contributed by atoms with E-state index in [2.05, 4.69) is 10.6 Å². The third kappa shape index (κ3) is 3.91. The van der Waals surface area contributed by atoms with Crippen molar-refractivity contribution in [2.45, 2.75) is 31.7 Å². The lowest BCUT2D eigenvalue weighted by atomic mass is 9.99. The van der Waals surface area contributed by atoms with Gasteiger partial charge in [-0.05, 0) is 19.1 Å². The van der Waals surface area contributed by atoms with Gasteiger partial charge in [-0.15, -0.1) is 0 Å². The number of carbonyl (C=O) groups excluding carboxylic acids is 2. The second-order valence-electron chi connectivity index (χ2n) is 6.66. The van der Waals surface area contributed by atoms with Crippen LogP contribution in [0.1, 0.15) is 18.1 Å². The fourth-order valence-corrected chi connectivity index (χ4v) is 3.63. The number of hydrogen-bond donors (Lipinski definition) is 2. The van der Waals surface area contributed by atoms with Gasteiger partial charge in [0.05, 0.1) is 18.2 Å². The Bertz CT molecular complexity index is 734. The van der Waals surface area contributed by atoms with Gasteiger partial charge in [0, 0.05) is 31.7 Å². The van der Waals surface area contributed by atoms with E-state index in [1.54, 1.807) is 6.92 Å². The van der Waals surface area contributed by atoms with E-state index in [0.717, 1.165) is 23.1 Å². The fourth-order valence-electron chi connectivity index (χ4n) is 3.63. The number of halogens is 4. The predicted octanol–water partition coefficient (Wildman–Crippen LogP) is 1.56. The van der Waals surface area contributed by atoms with Gasteiger partial charge in [-0.3, -0.25) is 15.0 Å². The molecule has 2 aliphatic rings. The average molecular weight is 388 g/mol. The van der Waals surface area contributed by atoms with Crippen molar-refractivity contribution in [3.8, 4) is 0 Å². The molecule has 0 saturated carbocycles. The van der Waals surface area contributed by atoms with Crippen molar-refractivity contribution >= 4 is 11.9 Å². The van der Waals surface area contributed by atoms with Crippen molar-refractivity contribution in [2.75, 3.05) is 26.2 Å². The van der Waals surface area contributed by atoms with Crippen LogP contribution in [0.3, 0.4) is 0 Å². The van der Waals surface area contributed by atoms with Gasteiger partial charge >= 0.3 is 12.2 Å². The van der Waals surface area contributed by atoms with E-state index in [1.807, 2.05) is 4.90 Å². The molecule has 2 saturated heterocycles. The largest absolute Gasteiger partial charge is 0.416 e. The monoisotopic (exact) mass is 388 g/mol. The zero-order valence-corrected chi connectivity index (χ0v) is 14.6. The molecule has 0 aliphatic carbocycles. The number of imide groups is 1. The minimum atomic E-state index is -4.75. The summed E-state index contributed by atoms with van der Waals surface area (Å²) in [6.45, 7) is 3.48. The standard InChI is InChI=1S/C17H20F4N4O2/c1-10-14(24-7-5-22-6-8-24)15(26)23-16(27)25(10)9-11-12(17(19,20)21)3-2-4-13(11)18/h2-4,10,14,22H,5-9H2,1H3,(H,23,26,27). The third-order valence-corrected chi connectivity index (χ3v) is 5.01. The molecule has 3 rings (SSSR count). The summed E-state index contributed by atoms with van der Waals surface area (Å²) in [4.78, 5) is 27.6. The molecule has 27 heavy (non-hydrogen) atoms. The second kappa shape index (κ2) is 7.43. The number of nitrogens with zero attached hydrogens (tertiary/aromatic N) is 2. The smallest absolute Gasteiger partial charge is 0.315 e. The SMILES string of the molecule is CC1C(N2CCNCC2)C(=O)NC(=O)N1Cc1c(F)cccc1C(F)(F)F. The Balaban J connectivity index is 1.90. The van der Waals surface area contributed by atoms with Crippen molar-refractivity contribution in [1.29, 1.82) is 0 Å². The topological polar surface area (TPSA) is 64.7 Å². The number of amides is 3. The molecular weight excluding hydrogens is 368 g/mol. The maximum absolute atomic E-state index is 14.2. The van der Waals surface area contributed by atoms with E-state index in [9.17, 15) is 27.2 Å². The van der Waals surface area contributed by atoms with Crippen molar-refractivity contribution in [3.05, 3.63) is 35.1 Å². The normalized spacial score (nSPS) is 24.9. The highest BCUT2D eigenvalue weighted by atomic mass is 19.4. The Morgan fingerprint density at radius 2 is 1.85 bits per heavy atom. The van der Waals surface area contributed by atoms with E-state index in [-0.39, 0.29) is 0 Å². The first-order valence-corrected chi connectivity index (χ1v) is 8.61. The first-order valence-electron chi connectivity index (χ1n) is 8.61. The summed E-state index contributed by atoms with van der Waals surface area (Å²) >= 11 is 0. The molecule has 2 heterocycles. The zero-order chi connectivity index (χ0) is 19.8. The molecule has 0 bridgehead atoms. The lowest BCUT2D eigenvalue weighted by Gasteiger charge is -2.44. The molecule has 0 radical (unpaired) electrons. The second-order valence-corrected chi connectivity index (χ2v) is 6.66. The molecule has 2 N–H and O–H groups in total. The predicted molar refractivity (Wildman–Crippen MR) is 88.2 cm³/mol. The minimum Gasteiger partial charge on any atom is -0.315 e. The van der Waals surface area contributed by atoms with Gasteiger partial charge in [-0.2, -0.15) is 13.2 Å². The number of carbonyl (C=O) groups is 2. The number of rotatable bonds is 3. The van der Waals surface area contributed by atoms with Crippen LogP contribution in [0.4, 0.5) is 22.4 Å². The Morgan fingerprint density at radius 1 is 1.19 bits per heavy atom. The first-order chi connectivity index (χ1) is 12.7. The van der Waals surface area contributed by atoms with Crippen molar-refractivity contribution < 1.29 is 27.2 Å². The van der Waals surface area contributed by atoms with Gasteiger partial charge in [-0.25, -0.2) is 9.18 Å². The summed E-state index contributed by atoms with van der Waals surface area (Å²) in [5.74, 6) is -1.53. The third-order valence-electron chi connectivity index (χ3n) is 5.01. The van der Waals surface area contributed by atoms with Crippen molar-refractivity contribution in [3.63, 3.8) is 0 Å². The number of nitrogens with one attached hydrogen (secondary N) is 2. The highest BCUT2D eigenvalue weighted by Gasteiger charge is 2.43. The molecule has 1 aromatic rings.